The Kier molecular flexibility index (Phi) is 5.23. The van der Waals surface area contributed by atoms with Crippen LogP contribution in [0.15, 0.2) is 0 Å². The first-order chi connectivity index (χ1) is 7.61. The molecule has 0 unspecified atom stereocenters. The highest BCUT2D eigenvalue weighted by Gasteiger charge is 2.18. The van der Waals surface area contributed by atoms with Crippen LogP contribution in [0.2, 0.25) is 0 Å². The predicted octanol–water partition coefficient (Wildman–Crippen LogP) is -0.348. The first-order valence-corrected chi connectivity index (χ1v) is 5.73. The molecule has 0 bridgehead atoms. The molecular formula is C11H20N4O. The quantitative estimate of drug-likeness (QED) is 0.663. The topological polar surface area (TPSA) is 59.4 Å². The van der Waals surface area contributed by atoms with Gasteiger partial charge in [-0.3, -0.25) is 14.6 Å². The van der Waals surface area contributed by atoms with Crippen LogP contribution in [0.1, 0.15) is 13.8 Å². The summed E-state index contributed by atoms with van der Waals surface area (Å²) in [5.41, 5.74) is 0. The number of hydrogen-bond acceptors (Lipinski definition) is 4. The fourth-order valence-electron chi connectivity index (χ4n) is 1.78. The third-order valence-electron chi connectivity index (χ3n) is 2.58. The second-order valence-corrected chi connectivity index (χ2v) is 4.43. The molecule has 0 radical (unpaired) electrons. The van der Waals surface area contributed by atoms with Crippen LogP contribution >= 0.6 is 0 Å². The van der Waals surface area contributed by atoms with E-state index in [0.717, 1.165) is 26.2 Å². The Morgan fingerprint density at radius 3 is 2.38 bits per heavy atom. The zero-order valence-corrected chi connectivity index (χ0v) is 10.1. The van der Waals surface area contributed by atoms with Crippen molar-refractivity contribution in [1.82, 2.24) is 15.1 Å². The third kappa shape index (κ3) is 4.60. The second kappa shape index (κ2) is 6.46. The van der Waals surface area contributed by atoms with E-state index in [0.29, 0.717) is 13.1 Å². The maximum absolute atomic E-state index is 11.5. The van der Waals surface area contributed by atoms with Crippen molar-refractivity contribution in [3.05, 3.63) is 0 Å². The third-order valence-corrected chi connectivity index (χ3v) is 2.58. The molecule has 1 aliphatic rings. The maximum atomic E-state index is 11.5. The Balaban J connectivity index is 2.22. The summed E-state index contributed by atoms with van der Waals surface area (Å²) in [7, 11) is 0. The Labute approximate surface area is 97.0 Å². The molecule has 1 saturated heterocycles. The molecule has 1 amide bonds. The molecule has 5 heteroatoms. The van der Waals surface area contributed by atoms with E-state index in [-0.39, 0.29) is 11.9 Å². The summed E-state index contributed by atoms with van der Waals surface area (Å²) < 4.78 is 0. The fourth-order valence-corrected chi connectivity index (χ4v) is 1.78. The van der Waals surface area contributed by atoms with Gasteiger partial charge >= 0.3 is 0 Å². The van der Waals surface area contributed by atoms with Crippen molar-refractivity contribution in [3.8, 4) is 6.07 Å². The molecular weight excluding hydrogens is 204 g/mol. The van der Waals surface area contributed by atoms with E-state index < -0.39 is 0 Å². The molecule has 0 spiro atoms. The lowest BCUT2D eigenvalue weighted by Crippen LogP contribution is -2.50. The fraction of sp³-hybridized carbons (Fsp3) is 0.818. The van der Waals surface area contributed by atoms with Crippen molar-refractivity contribution in [1.29, 1.82) is 5.26 Å². The van der Waals surface area contributed by atoms with E-state index in [1.807, 2.05) is 13.8 Å². The first kappa shape index (κ1) is 12.9. The normalized spacial score (nSPS) is 18.4. The van der Waals surface area contributed by atoms with Gasteiger partial charge in [0.05, 0.1) is 19.2 Å². The van der Waals surface area contributed by atoms with Crippen molar-refractivity contribution in [2.24, 2.45) is 0 Å². The van der Waals surface area contributed by atoms with Crippen molar-refractivity contribution in [3.63, 3.8) is 0 Å². The monoisotopic (exact) mass is 224 g/mol. The molecule has 0 aromatic heterocycles. The lowest BCUT2D eigenvalue weighted by molar-refractivity contribution is -0.123. The van der Waals surface area contributed by atoms with Crippen LogP contribution in [0.3, 0.4) is 0 Å². The molecule has 1 N–H and O–H groups in total. The largest absolute Gasteiger partial charge is 0.353 e. The molecule has 0 aliphatic carbocycles. The zero-order valence-electron chi connectivity index (χ0n) is 10.1. The van der Waals surface area contributed by atoms with Crippen molar-refractivity contribution >= 4 is 5.91 Å². The summed E-state index contributed by atoms with van der Waals surface area (Å²) in [5.74, 6) is 0.0868. The Morgan fingerprint density at radius 1 is 1.31 bits per heavy atom. The number of piperazine rings is 1. The minimum absolute atomic E-state index is 0.0868. The lowest BCUT2D eigenvalue weighted by Gasteiger charge is -2.32. The highest BCUT2D eigenvalue weighted by molar-refractivity contribution is 5.78. The van der Waals surface area contributed by atoms with Gasteiger partial charge in [0.1, 0.15) is 0 Å². The summed E-state index contributed by atoms with van der Waals surface area (Å²) >= 11 is 0. The molecule has 1 aliphatic heterocycles. The molecule has 0 atom stereocenters. The average molecular weight is 224 g/mol. The number of hydrogen-bond donors (Lipinski definition) is 1. The maximum Gasteiger partial charge on any atom is 0.234 e. The number of carbonyl (C=O) groups excluding carboxylic acids is 1. The minimum Gasteiger partial charge on any atom is -0.353 e. The molecule has 0 aromatic rings. The van der Waals surface area contributed by atoms with E-state index in [1.54, 1.807) is 0 Å². The van der Waals surface area contributed by atoms with Gasteiger partial charge in [0.15, 0.2) is 0 Å². The lowest BCUT2D eigenvalue weighted by atomic mass is 10.3. The van der Waals surface area contributed by atoms with Gasteiger partial charge in [0.25, 0.3) is 0 Å². The van der Waals surface area contributed by atoms with E-state index in [9.17, 15) is 4.79 Å². The summed E-state index contributed by atoms with van der Waals surface area (Å²) in [4.78, 5) is 15.7. The number of nitriles is 1. The highest BCUT2D eigenvalue weighted by atomic mass is 16.2. The highest BCUT2D eigenvalue weighted by Crippen LogP contribution is 2.00. The summed E-state index contributed by atoms with van der Waals surface area (Å²) in [5, 5.41) is 11.4. The van der Waals surface area contributed by atoms with Gasteiger partial charge in [-0.15, -0.1) is 0 Å². The van der Waals surface area contributed by atoms with Gasteiger partial charge in [0.2, 0.25) is 5.91 Å². The molecule has 0 aromatic carbocycles. The van der Waals surface area contributed by atoms with Gasteiger partial charge in [-0.05, 0) is 13.8 Å². The zero-order chi connectivity index (χ0) is 12.0. The van der Waals surface area contributed by atoms with E-state index in [4.69, 9.17) is 5.26 Å². The SMILES string of the molecule is CC(C)NC(=O)CN1CCN(CC#N)CC1. The molecule has 1 rings (SSSR count). The Hall–Kier alpha value is -1.12. The van der Waals surface area contributed by atoms with Gasteiger partial charge in [-0.2, -0.15) is 5.26 Å². The van der Waals surface area contributed by atoms with E-state index in [2.05, 4.69) is 21.2 Å². The molecule has 16 heavy (non-hydrogen) atoms. The average Bonchev–Trinajstić information content (AvgIpc) is 2.20. The number of nitrogens with zero attached hydrogens (tertiary/aromatic N) is 3. The standard InChI is InChI=1S/C11H20N4O/c1-10(2)13-11(16)9-15-7-5-14(4-3-12)6-8-15/h10H,4-9H2,1-2H3,(H,13,16). The van der Waals surface area contributed by atoms with Crippen molar-refractivity contribution < 1.29 is 4.79 Å². The van der Waals surface area contributed by atoms with Crippen LogP contribution in [0.25, 0.3) is 0 Å². The van der Waals surface area contributed by atoms with Crippen molar-refractivity contribution in [2.75, 3.05) is 39.3 Å². The Morgan fingerprint density at radius 2 is 1.88 bits per heavy atom. The van der Waals surface area contributed by atoms with E-state index >= 15 is 0 Å². The summed E-state index contributed by atoms with van der Waals surface area (Å²) in [6, 6.07) is 2.35. The van der Waals surface area contributed by atoms with Crippen LogP contribution in [0.4, 0.5) is 0 Å². The smallest absolute Gasteiger partial charge is 0.234 e. The number of rotatable bonds is 4. The molecule has 0 saturated carbocycles. The predicted molar refractivity (Wildman–Crippen MR) is 61.8 cm³/mol. The first-order valence-electron chi connectivity index (χ1n) is 5.73. The van der Waals surface area contributed by atoms with Crippen LogP contribution in [-0.4, -0.2) is 61.0 Å². The number of amides is 1. The van der Waals surface area contributed by atoms with Gasteiger partial charge in [-0.25, -0.2) is 0 Å². The minimum atomic E-state index is 0.0868. The second-order valence-electron chi connectivity index (χ2n) is 4.43. The summed E-state index contributed by atoms with van der Waals surface area (Å²) in [6.07, 6.45) is 0. The van der Waals surface area contributed by atoms with Gasteiger partial charge in [-0.1, -0.05) is 0 Å². The van der Waals surface area contributed by atoms with Crippen LogP contribution in [0, 0.1) is 11.3 Å². The molecule has 1 heterocycles. The van der Waals surface area contributed by atoms with Crippen LogP contribution < -0.4 is 5.32 Å². The number of carbonyl (C=O) groups is 1. The Bertz CT molecular complexity index is 264. The summed E-state index contributed by atoms with van der Waals surface area (Å²) in [6.45, 7) is 8.38. The molecule has 1 fully saturated rings. The number of nitrogens with one attached hydrogen (secondary N) is 1. The molecule has 5 nitrogen and oxygen atoms in total. The van der Waals surface area contributed by atoms with E-state index in [1.165, 1.54) is 0 Å². The van der Waals surface area contributed by atoms with Crippen LogP contribution in [-0.2, 0) is 4.79 Å². The van der Waals surface area contributed by atoms with Gasteiger partial charge in [0, 0.05) is 32.2 Å². The van der Waals surface area contributed by atoms with Gasteiger partial charge < -0.3 is 5.32 Å². The van der Waals surface area contributed by atoms with Crippen LogP contribution in [0.5, 0.6) is 0 Å². The molecule has 90 valence electrons. The van der Waals surface area contributed by atoms with Crippen molar-refractivity contribution in [2.45, 2.75) is 19.9 Å².